The Morgan fingerprint density at radius 1 is 0.966 bits per heavy atom. The molecule has 0 spiro atoms. The Bertz CT molecular complexity index is 1310. The van der Waals surface area contributed by atoms with E-state index in [1.165, 1.54) is 0 Å². The zero-order valence-corrected chi connectivity index (χ0v) is 16.6. The smallest absolute Gasteiger partial charge is 0.179 e. The van der Waals surface area contributed by atoms with E-state index in [1.54, 1.807) is 11.9 Å². The molecule has 7 heteroatoms. The first-order valence-electron chi connectivity index (χ1n) is 9.23. The van der Waals surface area contributed by atoms with E-state index in [1.807, 2.05) is 53.5 Å². The molecule has 0 aliphatic heterocycles. The topological polar surface area (TPSA) is 68.5 Å². The van der Waals surface area contributed by atoms with E-state index in [9.17, 15) is 0 Å². The lowest BCUT2D eigenvalue weighted by atomic mass is 10.1. The summed E-state index contributed by atoms with van der Waals surface area (Å²) >= 11 is 1.57. The van der Waals surface area contributed by atoms with E-state index in [2.05, 4.69) is 50.3 Å². The summed E-state index contributed by atoms with van der Waals surface area (Å²) in [7, 11) is 0. The largest absolute Gasteiger partial charge is 0.330 e. The highest BCUT2D eigenvalue weighted by molar-refractivity contribution is 7.99. The molecule has 0 amide bonds. The van der Waals surface area contributed by atoms with Crippen molar-refractivity contribution in [3.8, 4) is 11.3 Å². The van der Waals surface area contributed by atoms with Gasteiger partial charge < -0.3 is 4.72 Å². The molecule has 0 saturated carbocycles. The van der Waals surface area contributed by atoms with Gasteiger partial charge in [-0.3, -0.25) is 4.98 Å². The average molecular weight is 398 g/mol. The maximum Gasteiger partial charge on any atom is 0.179 e. The molecule has 5 aromatic rings. The first kappa shape index (κ1) is 17.6. The third-order valence-electron chi connectivity index (χ3n) is 4.74. The molecule has 0 fully saturated rings. The van der Waals surface area contributed by atoms with Crippen molar-refractivity contribution in [1.82, 2.24) is 25.0 Å². The van der Waals surface area contributed by atoms with Crippen molar-refractivity contribution in [3.05, 3.63) is 78.5 Å². The predicted octanol–water partition coefficient (Wildman–Crippen LogP) is 4.78. The van der Waals surface area contributed by atoms with Crippen LogP contribution >= 0.6 is 11.9 Å². The van der Waals surface area contributed by atoms with Gasteiger partial charge in [0.05, 0.1) is 17.8 Å². The molecule has 3 aromatic heterocycles. The van der Waals surface area contributed by atoms with E-state index in [-0.39, 0.29) is 0 Å². The van der Waals surface area contributed by atoms with Crippen LogP contribution < -0.4 is 4.72 Å². The normalized spacial score (nSPS) is 11.2. The Kier molecular flexibility index (Phi) is 4.57. The van der Waals surface area contributed by atoms with Gasteiger partial charge in [-0.05, 0) is 48.0 Å². The first-order valence-corrected chi connectivity index (χ1v) is 10.5. The molecule has 5 rings (SSSR count). The first-order chi connectivity index (χ1) is 14.3. The van der Waals surface area contributed by atoms with Gasteiger partial charge in [0.15, 0.2) is 5.65 Å². The van der Waals surface area contributed by atoms with Crippen LogP contribution in [0.5, 0.6) is 0 Å². The lowest BCUT2D eigenvalue weighted by molar-refractivity contribution is 0.665. The maximum absolute atomic E-state index is 4.86. The van der Waals surface area contributed by atoms with Gasteiger partial charge in [-0.1, -0.05) is 41.4 Å². The third-order valence-corrected chi connectivity index (χ3v) is 5.18. The molecular formula is C22H18N6S. The van der Waals surface area contributed by atoms with Crippen LogP contribution in [0, 0.1) is 0 Å². The van der Waals surface area contributed by atoms with Crippen LogP contribution in [0.1, 0.15) is 5.56 Å². The summed E-state index contributed by atoms with van der Waals surface area (Å²) < 4.78 is 5.11. The summed E-state index contributed by atoms with van der Waals surface area (Å²) in [6, 6.07) is 22.4. The van der Waals surface area contributed by atoms with Crippen LogP contribution in [-0.2, 0) is 6.54 Å². The van der Waals surface area contributed by atoms with Gasteiger partial charge in [0, 0.05) is 29.1 Å². The van der Waals surface area contributed by atoms with Crippen molar-refractivity contribution in [1.29, 1.82) is 0 Å². The Balaban J connectivity index is 1.51. The summed E-state index contributed by atoms with van der Waals surface area (Å²) in [5, 5.41) is 9.72. The average Bonchev–Trinajstić information content (AvgIpc) is 3.16. The summed E-state index contributed by atoms with van der Waals surface area (Å²) in [5.74, 6) is 0. The molecule has 0 atom stereocenters. The maximum atomic E-state index is 4.86. The Hall–Kier alpha value is -3.45. The highest BCUT2D eigenvalue weighted by Gasteiger charge is 2.10. The van der Waals surface area contributed by atoms with E-state index < -0.39 is 0 Å². The number of nitrogens with one attached hydrogen (secondary N) is 1. The molecule has 0 radical (unpaired) electrons. The lowest BCUT2D eigenvalue weighted by Gasteiger charge is -2.07. The number of benzene rings is 2. The molecule has 2 aromatic carbocycles. The standard InChI is InChI=1S/C22H18N6S/c1-29-26-18-6-2-4-17(13-18)20-9-10-21-22(24-20)28(27-25-21)14-15-7-8-19-16(12-15)5-3-11-23-19/h2-13,26H,14H2,1H3. The predicted molar refractivity (Wildman–Crippen MR) is 119 cm³/mol. The van der Waals surface area contributed by atoms with Crippen LogP contribution in [0.4, 0.5) is 5.69 Å². The molecule has 6 nitrogen and oxygen atoms in total. The number of pyridine rings is 2. The van der Waals surface area contributed by atoms with E-state index in [4.69, 9.17) is 4.98 Å². The highest BCUT2D eigenvalue weighted by atomic mass is 32.2. The van der Waals surface area contributed by atoms with Crippen LogP contribution in [-0.4, -0.2) is 31.2 Å². The molecule has 0 unspecified atom stereocenters. The van der Waals surface area contributed by atoms with Crippen molar-refractivity contribution in [2.45, 2.75) is 6.54 Å². The third kappa shape index (κ3) is 3.52. The SMILES string of the molecule is CSNc1cccc(-c2ccc3nnn(Cc4ccc5ncccc5c4)c3n2)c1. The van der Waals surface area contributed by atoms with Gasteiger partial charge in [0.2, 0.25) is 0 Å². The van der Waals surface area contributed by atoms with Crippen LogP contribution in [0.15, 0.2) is 72.9 Å². The lowest BCUT2D eigenvalue weighted by Crippen LogP contribution is -2.03. The quantitative estimate of drug-likeness (QED) is 0.430. The molecular weight excluding hydrogens is 380 g/mol. The number of fused-ring (bicyclic) bond motifs is 2. The fourth-order valence-corrected chi connectivity index (χ4v) is 3.74. The summed E-state index contributed by atoms with van der Waals surface area (Å²) in [5.41, 5.74) is 6.68. The minimum atomic E-state index is 0.603. The van der Waals surface area contributed by atoms with Crippen molar-refractivity contribution in [2.24, 2.45) is 0 Å². The second kappa shape index (κ2) is 7.52. The fourth-order valence-electron chi connectivity index (χ4n) is 3.38. The molecule has 142 valence electrons. The highest BCUT2D eigenvalue weighted by Crippen LogP contribution is 2.24. The number of aromatic nitrogens is 5. The Morgan fingerprint density at radius 3 is 2.83 bits per heavy atom. The summed E-state index contributed by atoms with van der Waals surface area (Å²) in [6.45, 7) is 0.603. The van der Waals surface area contributed by atoms with Crippen molar-refractivity contribution in [2.75, 3.05) is 11.0 Å². The molecule has 0 aliphatic carbocycles. The van der Waals surface area contributed by atoms with Gasteiger partial charge in [-0.25, -0.2) is 9.67 Å². The summed E-state index contributed by atoms with van der Waals surface area (Å²) in [4.78, 5) is 9.24. The molecule has 0 saturated heterocycles. The van der Waals surface area contributed by atoms with E-state index >= 15 is 0 Å². The van der Waals surface area contributed by atoms with Crippen LogP contribution in [0.3, 0.4) is 0 Å². The van der Waals surface area contributed by atoms with Gasteiger partial charge in [0.25, 0.3) is 0 Å². The second-order valence-electron chi connectivity index (χ2n) is 6.70. The van der Waals surface area contributed by atoms with Crippen molar-refractivity contribution >= 4 is 39.7 Å². The number of anilines is 1. The molecule has 0 bridgehead atoms. The van der Waals surface area contributed by atoms with Crippen molar-refractivity contribution in [3.63, 3.8) is 0 Å². The van der Waals surface area contributed by atoms with Gasteiger partial charge in [-0.2, -0.15) is 0 Å². The van der Waals surface area contributed by atoms with E-state index in [0.717, 1.165) is 44.6 Å². The Labute approximate surface area is 172 Å². The number of nitrogens with zero attached hydrogens (tertiary/aromatic N) is 5. The molecule has 29 heavy (non-hydrogen) atoms. The van der Waals surface area contributed by atoms with Gasteiger partial charge in [-0.15, -0.1) is 5.10 Å². The fraction of sp³-hybridized carbons (Fsp3) is 0.0909. The molecule has 3 heterocycles. The van der Waals surface area contributed by atoms with Gasteiger partial charge in [0.1, 0.15) is 5.52 Å². The van der Waals surface area contributed by atoms with Crippen LogP contribution in [0.25, 0.3) is 33.3 Å². The molecule has 0 aliphatic rings. The van der Waals surface area contributed by atoms with E-state index in [0.29, 0.717) is 6.54 Å². The number of hydrogen-bond donors (Lipinski definition) is 1. The monoisotopic (exact) mass is 398 g/mol. The second-order valence-corrected chi connectivity index (χ2v) is 7.32. The van der Waals surface area contributed by atoms with Gasteiger partial charge >= 0.3 is 0 Å². The number of rotatable bonds is 5. The minimum Gasteiger partial charge on any atom is -0.330 e. The zero-order chi connectivity index (χ0) is 19.6. The zero-order valence-electron chi connectivity index (χ0n) is 15.8. The van der Waals surface area contributed by atoms with Crippen molar-refractivity contribution < 1.29 is 0 Å². The Morgan fingerprint density at radius 2 is 1.90 bits per heavy atom. The number of hydrogen-bond acceptors (Lipinski definition) is 6. The van der Waals surface area contributed by atoms with Crippen LogP contribution in [0.2, 0.25) is 0 Å². The molecule has 1 N–H and O–H groups in total. The minimum absolute atomic E-state index is 0.603. The summed E-state index contributed by atoms with van der Waals surface area (Å²) in [6.07, 6.45) is 3.81.